The zero-order valence-electron chi connectivity index (χ0n) is 15.5. The lowest BCUT2D eigenvalue weighted by Crippen LogP contribution is -2.29. The molecule has 10 heteroatoms. The Morgan fingerprint density at radius 2 is 1.86 bits per heavy atom. The number of rotatable bonds is 9. The number of hydrogen-bond acceptors (Lipinski definition) is 6. The number of thioether (sulfide) groups is 1. The number of sulfonamides is 1. The predicted octanol–water partition coefficient (Wildman–Crippen LogP) is 3.86. The van der Waals surface area contributed by atoms with E-state index in [1.165, 1.54) is 12.1 Å². The van der Waals surface area contributed by atoms with Crippen LogP contribution in [-0.4, -0.2) is 34.4 Å². The number of halogens is 1. The normalized spacial score (nSPS) is 15.3. The van der Waals surface area contributed by atoms with Crippen LogP contribution in [0, 0.1) is 0 Å². The van der Waals surface area contributed by atoms with Crippen molar-refractivity contribution in [2.24, 2.45) is 0 Å². The number of nitrogens with one attached hydrogen (secondary N) is 1. The molecule has 1 aliphatic rings. The van der Waals surface area contributed by atoms with Crippen molar-refractivity contribution in [2.75, 3.05) is 5.75 Å². The average molecular weight is 450 g/mol. The number of hydrogen-bond donors (Lipinski definition) is 1. The molecule has 152 valence electrons. The summed E-state index contributed by atoms with van der Waals surface area (Å²) in [5.74, 6) is 0.676. The quantitative estimate of drug-likeness (QED) is 0.499. The molecule has 1 aromatic heterocycles. The highest BCUT2D eigenvalue weighted by atomic mass is 35.5. The molecule has 0 saturated heterocycles. The second-order valence-corrected chi connectivity index (χ2v) is 10.0. The minimum Gasteiger partial charge on any atom is -0.217 e. The van der Waals surface area contributed by atoms with Crippen molar-refractivity contribution >= 4 is 33.4 Å². The van der Waals surface area contributed by atoms with Crippen LogP contribution in [-0.2, 0) is 10.0 Å². The summed E-state index contributed by atoms with van der Waals surface area (Å²) < 4.78 is 30.4. The van der Waals surface area contributed by atoms with Gasteiger partial charge in [0.1, 0.15) is 0 Å². The monoisotopic (exact) mass is 449 g/mol. The summed E-state index contributed by atoms with van der Waals surface area (Å²) in [4.78, 5) is 0.188. The van der Waals surface area contributed by atoms with E-state index < -0.39 is 10.0 Å². The Hall–Kier alpha value is -1.94. The summed E-state index contributed by atoms with van der Waals surface area (Å²) in [6.07, 6.45) is 2.80. The standard InChI is InChI=1S/C19H20ClN5O2S2/c20-15-6-10-17(11-7-15)29(26,27)22-18(14-4-2-1-3-5-14)12-13-28-19-21-23-24-25(19)16-8-9-16/h1-7,10-11,16,18,22H,8-9,12-13H2/t18-/m1/s1. The van der Waals surface area contributed by atoms with Crippen LogP contribution in [0.4, 0.5) is 0 Å². The van der Waals surface area contributed by atoms with Crippen LogP contribution in [0.15, 0.2) is 64.6 Å². The first-order valence-corrected chi connectivity index (χ1v) is 12.1. The first kappa shape index (κ1) is 20.3. The van der Waals surface area contributed by atoms with Gasteiger partial charge >= 0.3 is 0 Å². The van der Waals surface area contributed by atoms with Gasteiger partial charge in [-0.1, -0.05) is 53.7 Å². The zero-order chi connectivity index (χ0) is 20.3. The highest BCUT2D eigenvalue weighted by Crippen LogP contribution is 2.36. The largest absolute Gasteiger partial charge is 0.241 e. The zero-order valence-corrected chi connectivity index (χ0v) is 17.9. The molecule has 0 unspecified atom stereocenters. The van der Waals surface area contributed by atoms with Crippen LogP contribution >= 0.6 is 23.4 Å². The van der Waals surface area contributed by atoms with Gasteiger partial charge < -0.3 is 0 Å². The molecule has 0 bridgehead atoms. The minimum atomic E-state index is -3.68. The number of aromatic nitrogens is 4. The Morgan fingerprint density at radius 1 is 1.14 bits per heavy atom. The molecule has 2 aromatic carbocycles. The van der Waals surface area contributed by atoms with Crippen molar-refractivity contribution in [3.8, 4) is 0 Å². The van der Waals surface area contributed by atoms with Crippen molar-refractivity contribution < 1.29 is 8.42 Å². The second-order valence-electron chi connectivity index (χ2n) is 6.81. The first-order valence-electron chi connectivity index (χ1n) is 9.26. The third-order valence-electron chi connectivity index (χ3n) is 4.62. The van der Waals surface area contributed by atoms with E-state index >= 15 is 0 Å². The minimum absolute atomic E-state index is 0.188. The molecule has 7 nitrogen and oxygen atoms in total. The maximum Gasteiger partial charge on any atom is 0.241 e. The van der Waals surface area contributed by atoms with Gasteiger partial charge in [0.25, 0.3) is 0 Å². The van der Waals surface area contributed by atoms with E-state index in [9.17, 15) is 8.42 Å². The van der Waals surface area contributed by atoms with E-state index in [-0.39, 0.29) is 10.9 Å². The highest BCUT2D eigenvalue weighted by molar-refractivity contribution is 7.99. The molecule has 1 saturated carbocycles. The Bertz CT molecular complexity index is 1050. The predicted molar refractivity (Wildman–Crippen MR) is 112 cm³/mol. The van der Waals surface area contributed by atoms with Gasteiger partial charge in [-0.05, 0) is 59.5 Å². The molecule has 0 aliphatic heterocycles. The van der Waals surface area contributed by atoms with Gasteiger partial charge in [0, 0.05) is 16.8 Å². The Morgan fingerprint density at radius 3 is 2.55 bits per heavy atom. The van der Waals surface area contributed by atoms with Gasteiger partial charge in [-0.3, -0.25) is 0 Å². The van der Waals surface area contributed by atoms with Gasteiger partial charge in [0.05, 0.1) is 10.9 Å². The average Bonchev–Trinajstić information content (AvgIpc) is 3.46. The Kier molecular flexibility index (Phi) is 6.19. The molecule has 1 aliphatic carbocycles. The molecule has 0 spiro atoms. The molecule has 3 aromatic rings. The van der Waals surface area contributed by atoms with E-state index in [1.54, 1.807) is 23.9 Å². The SMILES string of the molecule is O=S(=O)(N[C@H](CCSc1nnnn1C1CC1)c1ccccc1)c1ccc(Cl)cc1. The van der Waals surface area contributed by atoms with Crippen molar-refractivity contribution in [3.63, 3.8) is 0 Å². The summed E-state index contributed by atoms with van der Waals surface area (Å²) in [6, 6.07) is 15.8. The summed E-state index contributed by atoms with van der Waals surface area (Å²) in [5.41, 5.74) is 0.910. The van der Waals surface area contributed by atoms with Crippen LogP contribution in [0.3, 0.4) is 0 Å². The molecular formula is C19H20ClN5O2S2. The van der Waals surface area contributed by atoms with Crippen molar-refractivity contribution in [1.82, 2.24) is 24.9 Å². The van der Waals surface area contributed by atoms with Crippen molar-refractivity contribution in [1.29, 1.82) is 0 Å². The van der Waals surface area contributed by atoms with E-state index in [0.29, 0.717) is 23.2 Å². The smallest absolute Gasteiger partial charge is 0.217 e. The Labute approximate surface area is 178 Å². The maximum absolute atomic E-state index is 12.9. The lowest BCUT2D eigenvalue weighted by atomic mass is 10.1. The van der Waals surface area contributed by atoms with E-state index in [4.69, 9.17) is 11.6 Å². The molecular weight excluding hydrogens is 430 g/mol. The molecule has 1 heterocycles. The van der Waals surface area contributed by atoms with Crippen LogP contribution in [0.1, 0.15) is 36.9 Å². The fraction of sp³-hybridized carbons (Fsp3) is 0.316. The summed E-state index contributed by atoms with van der Waals surface area (Å²) in [7, 11) is -3.68. The fourth-order valence-corrected chi connectivity index (χ4v) is 5.28. The summed E-state index contributed by atoms with van der Waals surface area (Å²) in [6.45, 7) is 0. The molecule has 4 rings (SSSR count). The van der Waals surface area contributed by atoms with Gasteiger partial charge in [-0.15, -0.1) is 5.10 Å². The van der Waals surface area contributed by atoms with Crippen molar-refractivity contribution in [3.05, 3.63) is 65.2 Å². The number of nitrogens with zero attached hydrogens (tertiary/aromatic N) is 4. The second kappa shape index (κ2) is 8.83. The van der Waals surface area contributed by atoms with Crippen LogP contribution in [0.5, 0.6) is 0 Å². The van der Waals surface area contributed by atoms with Gasteiger partial charge in [-0.2, -0.15) is 0 Å². The van der Waals surface area contributed by atoms with Gasteiger partial charge in [0.2, 0.25) is 15.2 Å². The van der Waals surface area contributed by atoms with E-state index in [1.807, 2.05) is 35.0 Å². The molecule has 29 heavy (non-hydrogen) atoms. The lowest BCUT2D eigenvalue weighted by Gasteiger charge is -2.19. The van der Waals surface area contributed by atoms with Crippen LogP contribution < -0.4 is 4.72 Å². The maximum atomic E-state index is 12.9. The molecule has 0 amide bonds. The molecule has 1 fully saturated rings. The molecule has 0 radical (unpaired) electrons. The van der Waals surface area contributed by atoms with E-state index in [0.717, 1.165) is 23.6 Å². The third-order valence-corrected chi connectivity index (χ3v) is 7.32. The molecule has 1 N–H and O–H groups in total. The number of tetrazole rings is 1. The first-order chi connectivity index (χ1) is 14.0. The van der Waals surface area contributed by atoms with E-state index in [2.05, 4.69) is 20.2 Å². The van der Waals surface area contributed by atoms with Crippen LogP contribution in [0.2, 0.25) is 5.02 Å². The Balaban J connectivity index is 1.48. The third kappa shape index (κ3) is 5.16. The highest BCUT2D eigenvalue weighted by Gasteiger charge is 2.28. The summed E-state index contributed by atoms with van der Waals surface area (Å²) >= 11 is 7.43. The van der Waals surface area contributed by atoms with Crippen molar-refractivity contribution in [2.45, 2.75) is 41.4 Å². The summed E-state index contributed by atoms with van der Waals surface area (Å²) in [5, 5.41) is 13.2. The van der Waals surface area contributed by atoms with Crippen LogP contribution in [0.25, 0.3) is 0 Å². The molecule has 1 atom stereocenters. The lowest BCUT2D eigenvalue weighted by molar-refractivity contribution is 0.550. The van der Waals surface area contributed by atoms with Gasteiger partial charge in [-0.25, -0.2) is 17.8 Å². The van der Waals surface area contributed by atoms with Gasteiger partial charge in [0.15, 0.2) is 0 Å². The topological polar surface area (TPSA) is 89.8 Å². The number of benzene rings is 2. The fourth-order valence-electron chi connectivity index (χ4n) is 2.94.